The second-order valence-electron chi connectivity index (χ2n) is 5.23. The summed E-state index contributed by atoms with van der Waals surface area (Å²) in [5.41, 5.74) is 0.562. The number of halogens is 1. The Balaban J connectivity index is 0.00000161. The highest BCUT2D eigenvalue weighted by molar-refractivity contribution is 5.97. The molecule has 21 heavy (non-hydrogen) atoms. The fourth-order valence-electron chi connectivity index (χ4n) is 2.70. The molecule has 0 aliphatic carbocycles. The van der Waals surface area contributed by atoms with Gasteiger partial charge in [0.15, 0.2) is 11.5 Å². The molecule has 0 spiro atoms. The topological polar surface area (TPSA) is 59.6 Å². The maximum absolute atomic E-state index is 12.2. The molecule has 1 atom stereocenters. The molecule has 2 aliphatic heterocycles. The second-order valence-corrected chi connectivity index (χ2v) is 5.23. The maximum Gasteiger partial charge on any atom is 0.255 e. The zero-order chi connectivity index (χ0) is 13.8. The van der Waals surface area contributed by atoms with E-state index in [9.17, 15) is 4.79 Å². The third-order valence-electron chi connectivity index (χ3n) is 3.81. The molecule has 1 fully saturated rings. The average Bonchev–Trinajstić information content (AvgIpc) is 3.00. The highest BCUT2D eigenvalue weighted by Gasteiger charge is 2.20. The van der Waals surface area contributed by atoms with E-state index in [0.29, 0.717) is 42.7 Å². The number of fused-ring (bicyclic) bond motifs is 1. The average molecular weight is 313 g/mol. The summed E-state index contributed by atoms with van der Waals surface area (Å²) in [4.78, 5) is 12.2. The number of benzene rings is 1. The summed E-state index contributed by atoms with van der Waals surface area (Å²) in [6.07, 6.45) is 2.22. The molecule has 0 saturated carbocycles. The third-order valence-corrected chi connectivity index (χ3v) is 3.81. The van der Waals surface area contributed by atoms with E-state index in [2.05, 4.69) is 10.6 Å². The van der Waals surface area contributed by atoms with E-state index in [-0.39, 0.29) is 18.3 Å². The first-order chi connectivity index (χ1) is 9.84. The van der Waals surface area contributed by atoms with Crippen molar-refractivity contribution in [1.29, 1.82) is 0 Å². The first kappa shape index (κ1) is 15.9. The van der Waals surface area contributed by atoms with Gasteiger partial charge in [-0.1, -0.05) is 6.07 Å². The van der Waals surface area contributed by atoms with E-state index in [1.807, 2.05) is 12.1 Å². The predicted octanol–water partition coefficient (Wildman–Crippen LogP) is 1.61. The standard InChI is InChI=1S/C15H20N2O3.ClH/c18-15(17-7-5-11-4-6-16-10-11)12-2-1-3-13-14(12)20-9-8-19-13;/h1-3,11,16H,4-10H2,(H,17,18);1H. The van der Waals surface area contributed by atoms with Crippen LogP contribution in [0.1, 0.15) is 23.2 Å². The van der Waals surface area contributed by atoms with E-state index in [0.717, 1.165) is 19.5 Å². The highest BCUT2D eigenvalue weighted by atomic mass is 35.5. The van der Waals surface area contributed by atoms with E-state index in [1.54, 1.807) is 6.07 Å². The van der Waals surface area contributed by atoms with Crippen LogP contribution in [0.4, 0.5) is 0 Å². The smallest absolute Gasteiger partial charge is 0.255 e. The molecule has 3 rings (SSSR count). The maximum atomic E-state index is 12.2. The van der Waals surface area contributed by atoms with Crippen molar-refractivity contribution >= 4 is 18.3 Å². The minimum atomic E-state index is -0.0849. The number of para-hydroxylation sites is 1. The van der Waals surface area contributed by atoms with Gasteiger partial charge in [0.2, 0.25) is 0 Å². The Hall–Kier alpha value is -1.46. The molecule has 1 saturated heterocycles. The van der Waals surface area contributed by atoms with Crippen LogP contribution in [-0.4, -0.2) is 38.8 Å². The van der Waals surface area contributed by atoms with E-state index in [4.69, 9.17) is 9.47 Å². The lowest BCUT2D eigenvalue weighted by Crippen LogP contribution is -2.28. The summed E-state index contributed by atoms with van der Waals surface area (Å²) >= 11 is 0. The van der Waals surface area contributed by atoms with Gasteiger partial charge >= 0.3 is 0 Å². The second kappa shape index (κ2) is 7.52. The van der Waals surface area contributed by atoms with Gasteiger partial charge < -0.3 is 20.1 Å². The molecule has 5 nitrogen and oxygen atoms in total. The van der Waals surface area contributed by atoms with Gasteiger partial charge in [-0.3, -0.25) is 4.79 Å². The molecule has 0 bridgehead atoms. The van der Waals surface area contributed by atoms with Crippen LogP contribution in [0.2, 0.25) is 0 Å². The monoisotopic (exact) mass is 312 g/mol. The summed E-state index contributed by atoms with van der Waals surface area (Å²) in [5.74, 6) is 1.82. The number of carbonyl (C=O) groups excluding carboxylic acids is 1. The van der Waals surface area contributed by atoms with E-state index < -0.39 is 0 Å². The van der Waals surface area contributed by atoms with E-state index in [1.165, 1.54) is 6.42 Å². The molecule has 2 aliphatic rings. The SMILES string of the molecule is Cl.O=C(NCCC1CCNC1)c1cccc2c1OCCO2. The molecule has 2 heterocycles. The van der Waals surface area contributed by atoms with Crippen LogP contribution in [0.3, 0.4) is 0 Å². The Kier molecular flexibility index (Phi) is 5.70. The van der Waals surface area contributed by atoms with Crippen molar-refractivity contribution < 1.29 is 14.3 Å². The van der Waals surface area contributed by atoms with Gasteiger partial charge in [-0.2, -0.15) is 0 Å². The summed E-state index contributed by atoms with van der Waals surface area (Å²) in [6.45, 7) is 3.89. The molecule has 116 valence electrons. The lowest BCUT2D eigenvalue weighted by Gasteiger charge is -2.20. The molecular formula is C15H21ClN2O3. The van der Waals surface area contributed by atoms with Crippen molar-refractivity contribution in [2.75, 3.05) is 32.8 Å². The Morgan fingerprint density at radius 1 is 1.33 bits per heavy atom. The van der Waals surface area contributed by atoms with Gasteiger partial charge in [-0.05, 0) is 44.0 Å². The normalized spacial score (nSPS) is 19.7. The van der Waals surface area contributed by atoms with Crippen LogP contribution in [-0.2, 0) is 0 Å². The van der Waals surface area contributed by atoms with Gasteiger partial charge in [0, 0.05) is 6.54 Å². The Morgan fingerprint density at radius 2 is 2.19 bits per heavy atom. The molecule has 6 heteroatoms. The van der Waals surface area contributed by atoms with Crippen LogP contribution in [0, 0.1) is 5.92 Å². The highest BCUT2D eigenvalue weighted by Crippen LogP contribution is 2.33. The van der Waals surface area contributed by atoms with Gasteiger partial charge in [0.25, 0.3) is 5.91 Å². The van der Waals surface area contributed by atoms with Gasteiger partial charge in [0.05, 0.1) is 5.56 Å². The van der Waals surface area contributed by atoms with Crippen LogP contribution >= 0.6 is 12.4 Å². The third kappa shape index (κ3) is 3.80. The van der Waals surface area contributed by atoms with Gasteiger partial charge in [0.1, 0.15) is 13.2 Å². The van der Waals surface area contributed by atoms with Crippen molar-refractivity contribution in [1.82, 2.24) is 10.6 Å². The first-order valence-corrected chi connectivity index (χ1v) is 7.22. The number of amides is 1. The molecule has 2 N–H and O–H groups in total. The Labute approximate surface area is 130 Å². The number of carbonyl (C=O) groups is 1. The summed E-state index contributed by atoms with van der Waals surface area (Å²) in [7, 11) is 0. The molecule has 1 aromatic carbocycles. The zero-order valence-electron chi connectivity index (χ0n) is 11.9. The number of hydrogen-bond acceptors (Lipinski definition) is 4. The Bertz CT molecular complexity index is 490. The summed E-state index contributed by atoms with van der Waals surface area (Å²) in [6, 6.07) is 5.43. The minimum absolute atomic E-state index is 0. The largest absolute Gasteiger partial charge is 0.486 e. The summed E-state index contributed by atoms with van der Waals surface area (Å²) in [5, 5.41) is 6.31. The number of ether oxygens (including phenoxy) is 2. The predicted molar refractivity (Wildman–Crippen MR) is 82.6 cm³/mol. The zero-order valence-corrected chi connectivity index (χ0v) is 12.7. The minimum Gasteiger partial charge on any atom is -0.486 e. The van der Waals surface area contributed by atoms with Crippen LogP contribution in [0.5, 0.6) is 11.5 Å². The quantitative estimate of drug-likeness (QED) is 0.887. The van der Waals surface area contributed by atoms with Gasteiger partial charge in [-0.25, -0.2) is 0 Å². The van der Waals surface area contributed by atoms with Crippen molar-refractivity contribution in [3.63, 3.8) is 0 Å². The lowest BCUT2D eigenvalue weighted by molar-refractivity contribution is 0.0940. The molecule has 0 radical (unpaired) electrons. The van der Waals surface area contributed by atoms with Crippen molar-refractivity contribution in [3.05, 3.63) is 23.8 Å². The van der Waals surface area contributed by atoms with Crippen molar-refractivity contribution in [2.45, 2.75) is 12.8 Å². The molecular weight excluding hydrogens is 292 g/mol. The fourth-order valence-corrected chi connectivity index (χ4v) is 2.70. The fraction of sp³-hybridized carbons (Fsp3) is 0.533. The number of nitrogens with one attached hydrogen (secondary N) is 2. The molecule has 1 unspecified atom stereocenters. The molecule has 1 aromatic rings. The number of hydrogen-bond donors (Lipinski definition) is 2. The number of rotatable bonds is 4. The van der Waals surface area contributed by atoms with E-state index >= 15 is 0 Å². The molecule has 0 aromatic heterocycles. The lowest BCUT2D eigenvalue weighted by atomic mass is 10.1. The van der Waals surface area contributed by atoms with Crippen LogP contribution in [0.25, 0.3) is 0 Å². The Morgan fingerprint density at radius 3 is 3.00 bits per heavy atom. The van der Waals surface area contributed by atoms with Crippen LogP contribution in [0.15, 0.2) is 18.2 Å². The first-order valence-electron chi connectivity index (χ1n) is 7.22. The van der Waals surface area contributed by atoms with Crippen molar-refractivity contribution in [2.24, 2.45) is 5.92 Å². The van der Waals surface area contributed by atoms with Gasteiger partial charge in [-0.15, -0.1) is 12.4 Å². The van der Waals surface area contributed by atoms with Crippen molar-refractivity contribution in [3.8, 4) is 11.5 Å². The van der Waals surface area contributed by atoms with Crippen LogP contribution < -0.4 is 20.1 Å². The molecule has 1 amide bonds. The summed E-state index contributed by atoms with van der Waals surface area (Å²) < 4.78 is 11.0.